The van der Waals surface area contributed by atoms with Gasteiger partial charge in [-0.05, 0) is 37.7 Å². The van der Waals surface area contributed by atoms with Gasteiger partial charge in [0.2, 0.25) is 0 Å². The Bertz CT molecular complexity index is 730. The van der Waals surface area contributed by atoms with Gasteiger partial charge < -0.3 is 5.32 Å². The molecule has 2 N–H and O–H groups in total. The highest BCUT2D eigenvalue weighted by Crippen LogP contribution is 2.20. The van der Waals surface area contributed by atoms with E-state index in [0.29, 0.717) is 6.54 Å². The lowest BCUT2D eigenvalue weighted by atomic mass is 10.2. The van der Waals surface area contributed by atoms with Gasteiger partial charge in [0.1, 0.15) is 5.82 Å². The number of rotatable bonds is 5. The van der Waals surface area contributed by atoms with E-state index in [0.717, 1.165) is 5.56 Å². The molecular formula is C14H16FN3O2S. The summed E-state index contributed by atoms with van der Waals surface area (Å²) in [6.45, 7) is 2.11. The second kappa shape index (κ2) is 6.19. The van der Waals surface area contributed by atoms with Crippen molar-refractivity contribution in [3.05, 3.63) is 53.5 Å². The van der Waals surface area contributed by atoms with E-state index in [1.807, 2.05) is 0 Å². The molecular weight excluding hydrogens is 293 g/mol. The van der Waals surface area contributed by atoms with E-state index in [4.69, 9.17) is 0 Å². The number of anilines is 1. The van der Waals surface area contributed by atoms with Crippen LogP contribution in [0, 0.1) is 12.7 Å². The van der Waals surface area contributed by atoms with E-state index in [1.165, 1.54) is 37.4 Å². The lowest BCUT2D eigenvalue weighted by Crippen LogP contribution is -2.16. The first-order chi connectivity index (χ1) is 9.94. The summed E-state index contributed by atoms with van der Waals surface area (Å²) in [6.07, 6.45) is 1.49. The van der Waals surface area contributed by atoms with Crippen LogP contribution in [-0.4, -0.2) is 20.4 Å². The Labute approximate surface area is 123 Å². The molecule has 0 aliphatic carbocycles. The number of sulfonamides is 1. The normalized spacial score (nSPS) is 11.4. The van der Waals surface area contributed by atoms with Gasteiger partial charge >= 0.3 is 0 Å². The lowest BCUT2D eigenvalue weighted by Gasteiger charge is -2.10. The molecule has 21 heavy (non-hydrogen) atoms. The van der Waals surface area contributed by atoms with Gasteiger partial charge in [0.15, 0.2) is 5.03 Å². The number of hydrogen-bond acceptors (Lipinski definition) is 4. The van der Waals surface area contributed by atoms with E-state index in [-0.39, 0.29) is 16.3 Å². The molecule has 5 nitrogen and oxygen atoms in total. The number of aromatic nitrogens is 1. The first-order valence-electron chi connectivity index (χ1n) is 6.31. The Morgan fingerprint density at radius 3 is 2.62 bits per heavy atom. The van der Waals surface area contributed by atoms with Crippen LogP contribution in [0.15, 0.2) is 41.6 Å². The first-order valence-corrected chi connectivity index (χ1v) is 7.80. The minimum absolute atomic E-state index is 0.106. The van der Waals surface area contributed by atoms with Gasteiger partial charge in [0.25, 0.3) is 10.0 Å². The third-order valence-corrected chi connectivity index (χ3v) is 4.25. The number of halogens is 1. The highest BCUT2D eigenvalue weighted by atomic mass is 32.2. The number of nitrogens with zero attached hydrogens (tertiary/aromatic N) is 1. The van der Waals surface area contributed by atoms with Crippen LogP contribution in [-0.2, 0) is 16.6 Å². The summed E-state index contributed by atoms with van der Waals surface area (Å²) in [5, 5.41) is 2.84. The molecule has 0 fully saturated rings. The van der Waals surface area contributed by atoms with Crippen LogP contribution in [0.2, 0.25) is 0 Å². The first kappa shape index (κ1) is 15.4. The molecule has 0 saturated heterocycles. The van der Waals surface area contributed by atoms with E-state index < -0.39 is 15.8 Å². The third-order valence-electron chi connectivity index (χ3n) is 2.97. The molecule has 2 aromatic rings. The predicted molar refractivity (Wildman–Crippen MR) is 78.9 cm³/mol. The summed E-state index contributed by atoms with van der Waals surface area (Å²) in [4.78, 5) is 3.93. The van der Waals surface area contributed by atoms with Crippen molar-refractivity contribution < 1.29 is 12.8 Å². The SMILES string of the molecule is CNCc1ccc(S(=O)(=O)Nc2cccc(F)c2C)nc1. The summed E-state index contributed by atoms with van der Waals surface area (Å²) in [5.41, 5.74) is 1.32. The second-order valence-corrected chi connectivity index (χ2v) is 6.18. The van der Waals surface area contributed by atoms with Crippen LogP contribution in [0.5, 0.6) is 0 Å². The standard InChI is InChI=1S/C14H16FN3O2S/c1-10-12(15)4-3-5-13(10)18-21(19,20)14-7-6-11(8-16-2)9-17-14/h3-7,9,16,18H,8H2,1-2H3. The van der Waals surface area contributed by atoms with Crippen molar-refractivity contribution in [2.24, 2.45) is 0 Å². The maximum absolute atomic E-state index is 13.4. The zero-order valence-corrected chi connectivity index (χ0v) is 12.5. The maximum atomic E-state index is 13.4. The molecule has 0 atom stereocenters. The lowest BCUT2D eigenvalue weighted by molar-refractivity contribution is 0.597. The quantitative estimate of drug-likeness (QED) is 0.887. The van der Waals surface area contributed by atoms with Gasteiger partial charge in [-0.15, -0.1) is 0 Å². The van der Waals surface area contributed by atoms with Gasteiger partial charge in [0.05, 0.1) is 5.69 Å². The summed E-state index contributed by atoms with van der Waals surface area (Å²) in [6, 6.07) is 7.33. The summed E-state index contributed by atoms with van der Waals surface area (Å²) in [5.74, 6) is -0.465. The second-order valence-electron chi connectivity index (χ2n) is 4.55. The fourth-order valence-electron chi connectivity index (χ4n) is 1.79. The Hall–Kier alpha value is -1.99. The largest absolute Gasteiger partial charge is 0.316 e. The van der Waals surface area contributed by atoms with Crippen LogP contribution in [0.25, 0.3) is 0 Å². The number of nitrogens with one attached hydrogen (secondary N) is 2. The van der Waals surface area contributed by atoms with Crippen molar-refractivity contribution in [2.75, 3.05) is 11.8 Å². The highest BCUT2D eigenvalue weighted by Gasteiger charge is 2.17. The Balaban J connectivity index is 2.27. The Kier molecular flexibility index (Phi) is 4.54. The molecule has 1 heterocycles. The number of pyridine rings is 1. The average Bonchev–Trinajstić information content (AvgIpc) is 2.45. The van der Waals surface area contributed by atoms with Crippen molar-refractivity contribution in [3.8, 4) is 0 Å². The minimum Gasteiger partial charge on any atom is -0.316 e. The van der Waals surface area contributed by atoms with Crippen LogP contribution < -0.4 is 10.0 Å². The summed E-state index contributed by atoms with van der Waals surface area (Å²) in [7, 11) is -2.04. The molecule has 0 aliphatic heterocycles. The van der Waals surface area contributed by atoms with Gasteiger partial charge in [-0.3, -0.25) is 4.72 Å². The zero-order chi connectivity index (χ0) is 15.5. The number of benzene rings is 1. The molecule has 0 saturated carbocycles. The fourth-order valence-corrected chi connectivity index (χ4v) is 2.85. The molecule has 1 aromatic heterocycles. The Morgan fingerprint density at radius 2 is 2.00 bits per heavy atom. The monoisotopic (exact) mass is 309 g/mol. The summed E-state index contributed by atoms with van der Waals surface area (Å²) < 4.78 is 40.2. The summed E-state index contributed by atoms with van der Waals surface area (Å²) >= 11 is 0. The van der Waals surface area contributed by atoms with Crippen LogP contribution >= 0.6 is 0 Å². The average molecular weight is 309 g/mol. The van der Waals surface area contributed by atoms with Crippen molar-refractivity contribution in [3.63, 3.8) is 0 Å². The van der Waals surface area contributed by atoms with Gasteiger partial charge in [0, 0.05) is 18.3 Å². The van der Waals surface area contributed by atoms with Crippen LogP contribution in [0.3, 0.4) is 0 Å². The molecule has 1 aromatic carbocycles. The minimum atomic E-state index is -3.83. The molecule has 0 bridgehead atoms. The molecule has 112 valence electrons. The van der Waals surface area contributed by atoms with E-state index >= 15 is 0 Å². The maximum Gasteiger partial charge on any atom is 0.279 e. The van der Waals surface area contributed by atoms with Crippen molar-refractivity contribution in [2.45, 2.75) is 18.5 Å². The van der Waals surface area contributed by atoms with Crippen LogP contribution in [0.4, 0.5) is 10.1 Å². The molecule has 7 heteroatoms. The molecule has 0 spiro atoms. The van der Waals surface area contributed by atoms with Crippen molar-refractivity contribution >= 4 is 15.7 Å². The molecule has 0 amide bonds. The topological polar surface area (TPSA) is 71.1 Å². The molecule has 0 radical (unpaired) electrons. The molecule has 2 rings (SSSR count). The smallest absolute Gasteiger partial charge is 0.279 e. The van der Waals surface area contributed by atoms with Gasteiger partial charge in [-0.2, -0.15) is 8.42 Å². The molecule has 0 unspecified atom stereocenters. The predicted octanol–water partition coefficient (Wildman–Crippen LogP) is 2.05. The van der Waals surface area contributed by atoms with E-state index in [2.05, 4.69) is 15.0 Å². The van der Waals surface area contributed by atoms with E-state index in [9.17, 15) is 12.8 Å². The van der Waals surface area contributed by atoms with Gasteiger partial charge in [-0.25, -0.2) is 9.37 Å². The Morgan fingerprint density at radius 1 is 1.24 bits per heavy atom. The highest BCUT2D eigenvalue weighted by molar-refractivity contribution is 7.92. The van der Waals surface area contributed by atoms with E-state index in [1.54, 1.807) is 13.1 Å². The molecule has 0 aliphatic rings. The third kappa shape index (κ3) is 3.56. The van der Waals surface area contributed by atoms with Crippen LogP contribution in [0.1, 0.15) is 11.1 Å². The van der Waals surface area contributed by atoms with Crippen molar-refractivity contribution in [1.29, 1.82) is 0 Å². The van der Waals surface area contributed by atoms with Crippen molar-refractivity contribution in [1.82, 2.24) is 10.3 Å². The number of hydrogen-bond donors (Lipinski definition) is 2. The zero-order valence-electron chi connectivity index (χ0n) is 11.7. The fraction of sp³-hybridized carbons (Fsp3) is 0.214. The van der Waals surface area contributed by atoms with Gasteiger partial charge in [-0.1, -0.05) is 12.1 Å².